The molecule has 26 heavy (non-hydrogen) atoms. The average molecular weight is 352 g/mol. The summed E-state index contributed by atoms with van der Waals surface area (Å²) in [5, 5.41) is 9.66. The number of hydrogen-bond acceptors (Lipinski definition) is 2. The Balaban J connectivity index is 1.66. The molecule has 0 aliphatic carbocycles. The third kappa shape index (κ3) is 2.94. The van der Waals surface area contributed by atoms with Crippen molar-refractivity contribution in [1.29, 1.82) is 0 Å². The summed E-state index contributed by atoms with van der Waals surface area (Å²) in [6.45, 7) is 3.94. The molecule has 2 aliphatic rings. The second-order valence-corrected chi connectivity index (χ2v) is 7.08. The van der Waals surface area contributed by atoms with E-state index in [0.29, 0.717) is 6.54 Å². The first kappa shape index (κ1) is 16.6. The number of fused-ring (bicyclic) bond motifs is 1. The lowest BCUT2D eigenvalue weighted by atomic mass is 9.93. The van der Waals surface area contributed by atoms with E-state index in [1.54, 1.807) is 6.07 Å². The fourth-order valence-electron chi connectivity index (χ4n) is 4.15. The Morgan fingerprint density at radius 2 is 1.96 bits per heavy atom. The van der Waals surface area contributed by atoms with Gasteiger partial charge in [0.05, 0.1) is 6.04 Å². The third-order valence-electron chi connectivity index (χ3n) is 5.30. The van der Waals surface area contributed by atoms with Crippen LogP contribution in [0.4, 0.5) is 9.18 Å². The zero-order chi connectivity index (χ0) is 18.3. The number of nitrogens with zero attached hydrogens (tertiary/aromatic N) is 2. The van der Waals surface area contributed by atoms with Gasteiger partial charge >= 0.3 is 6.09 Å². The van der Waals surface area contributed by atoms with Crippen molar-refractivity contribution in [3.05, 3.63) is 82.8 Å². The molecule has 0 saturated carbocycles. The van der Waals surface area contributed by atoms with E-state index in [4.69, 9.17) is 0 Å². The van der Waals surface area contributed by atoms with Crippen LogP contribution in [-0.2, 0) is 6.54 Å². The highest BCUT2D eigenvalue weighted by atomic mass is 19.1. The van der Waals surface area contributed by atoms with Crippen LogP contribution in [0.5, 0.6) is 0 Å². The number of halogens is 1. The Morgan fingerprint density at radius 1 is 1.19 bits per heavy atom. The van der Waals surface area contributed by atoms with E-state index in [2.05, 4.69) is 23.2 Å². The molecule has 4 rings (SSSR count). The summed E-state index contributed by atoms with van der Waals surface area (Å²) in [5.41, 5.74) is 3.99. The van der Waals surface area contributed by atoms with Crippen LogP contribution in [0.25, 0.3) is 0 Å². The van der Waals surface area contributed by atoms with Gasteiger partial charge < -0.3 is 10.0 Å². The number of hydrogen-bond donors (Lipinski definition) is 1. The predicted octanol–water partition coefficient (Wildman–Crippen LogP) is 4.18. The van der Waals surface area contributed by atoms with E-state index in [1.165, 1.54) is 22.6 Å². The molecular formula is C21H21FN2O2. The summed E-state index contributed by atoms with van der Waals surface area (Å²) in [6, 6.07) is 14.5. The lowest BCUT2D eigenvalue weighted by Gasteiger charge is -2.25. The summed E-state index contributed by atoms with van der Waals surface area (Å²) < 4.78 is 13.5. The first-order valence-electron chi connectivity index (χ1n) is 8.78. The maximum absolute atomic E-state index is 13.5. The van der Waals surface area contributed by atoms with E-state index in [1.807, 2.05) is 25.1 Å². The highest BCUT2D eigenvalue weighted by Crippen LogP contribution is 2.45. The third-order valence-corrected chi connectivity index (χ3v) is 5.30. The molecule has 2 atom stereocenters. The van der Waals surface area contributed by atoms with Crippen molar-refractivity contribution in [3.8, 4) is 0 Å². The minimum absolute atomic E-state index is 0.185. The maximum atomic E-state index is 13.5. The molecule has 5 heteroatoms. The predicted molar refractivity (Wildman–Crippen MR) is 97.0 cm³/mol. The van der Waals surface area contributed by atoms with Crippen LogP contribution >= 0.6 is 0 Å². The monoisotopic (exact) mass is 352 g/mol. The van der Waals surface area contributed by atoms with Crippen LogP contribution in [0, 0.1) is 18.7 Å². The van der Waals surface area contributed by atoms with Gasteiger partial charge in [0, 0.05) is 31.8 Å². The molecule has 0 aromatic heterocycles. The average Bonchev–Trinajstić information content (AvgIpc) is 3.13. The van der Waals surface area contributed by atoms with Gasteiger partial charge in [-0.05, 0) is 41.3 Å². The van der Waals surface area contributed by atoms with Crippen LogP contribution in [0.2, 0.25) is 0 Å². The van der Waals surface area contributed by atoms with E-state index >= 15 is 0 Å². The van der Waals surface area contributed by atoms with Gasteiger partial charge in [-0.15, -0.1) is 0 Å². The van der Waals surface area contributed by atoms with Gasteiger partial charge in [-0.25, -0.2) is 9.18 Å². The summed E-state index contributed by atoms with van der Waals surface area (Å²) >= 11 is 0. The summed E-state index contributed by atoms with van der Waals surface area (Å²) in [7, 11) is 0. The Kier molecular flexibility index (Phi) is 4.15. The number of rotatable bonds is 3. The van der Waals surface area contributed by atoms with Crippen molar-refractivity contribution in [3.63, 3.8) is 0 Å². The van der Waals surface area contributed by atoms with Crippen molar-refractivity contribution in [1.82, 2.24) is 9.80 Å². The number of amides is 1. The Bertz CT molecular complexity index is 866. The molecule has 0 spiro atoms. The first-order valence-corrected chi connectivity index (χ1v) is 8.78. The van der Waals surface area contributed by atoms with Crippen molar-refractivity contribution in [2.45, 2.75) is 19.5 Å². The Morgan fingerprint density at radius 3 is 2.65 bits per heavy atom. The van der Waals surface area contributed by atoms with Crippen LogP contribution in [0.1, 0.15) is 22.7 Å². The van der Waals surface area contributed by atoms with Gasteiger partial charge in [-0.2, -0.15) is 0 Å². The van der Waals surface area contributed by atoms with Crippen molar-refractivity contribution in [2.75, 3.05) is 13.1 Å². The second-order valence-electron chi connectivity index (χ2n) is 7.08. The second kappa shape index (κ2) is 6.48. The van der Waals surface area contributed by atoms with E-state index in [-0.39, 0.29) is 17.8 Å². The number of carbonyl (C=O) groups is 1. The fourth-order valence-corrected chi connectivity index (χ4v) is 4.15. The molecule has 1 fully saturated rings. The van der Waals surface area contributed by atoms with Crippen LogP contribution in [-0.4, -0.2) is 34.1 Å². The molecule has 4 nitrogen and oxygen atoms in total. The van der Waals surface area contributed by atoms with E-state index < -0.39 is 6.09 Å². The van der Waals surface area contributed by atoms with Crippen molar-refractivity contribution >= 4 is 6.09 Å². The van der Waals surface area contributed by atoms with Gasteiger partial charge in [0.1, 0.15) is 5.82 Å². The minimum atomic E-state index is -0.927. The van der Waals surface area contributed by atoms with Gasteiger partial charge in [-0.1, -0.05) is 36.4 Å². The lowest BCUT2D eigenvalue weighted by Crippen LogP contribution is -2.32. The first-order chi connectivity index (χ1) is 12.5. The Labute approximate surface area is 152 Å². The normalized spacial score (nSPS) is 21.7. The lowest BCUT2D eigenvalue weighted by molar-refractivity contribution is 0.139. The van der Waals surface area contributed by atoms with Gasteiger partial charge in [-0.3, -0.25) is 4.90 Å². The molecule has 2 unspecified atom stereocenters. The quantitative estimate of drug-likeness (QED) is 0.901. The van der Waals surface area contributed by atoms with Crippen LogP contribution in [0.3, 0.4) is 0 Å². The smallest absolute Gasteiger partial charge is 0.408 e. The molecule has 1 N–H and O–H groups in total. The summed E-state index contributed by atoms with van der Waals surface area (Å²) in [6.07, 6.45) is 1.18. The molecular weight excluding hydrogens is 331 g/mol. The molecule has 2 aromatic carbocycles. The van der Waals surface area contributed by atoms with E-state index in [9.17, 15) is 14.3 Å². The summed E-state index contributed by atoms with van der Waals surface area (Å²) in [5.74, 6) is -0.113. The zero-order valence-electron chi connectivity index (χ0n) is 14.6. The highest BCUT2D eigenvalue weighted by Gasteiger charge is 2.44. The van der Waals surface area contributed by atoms with Crippen LogP contribution in [0.15, 0.2) is 60.3 Å². The van der Waals surface area contributed by atoms with Crippen molar-refractivity contribution in [2.24, 2.45) is 5.92 Å². The molecule has 1 saturated heterocycles. The molecule has 0 bridgehead atoms. The zero-order valence-corrected chi connectivity index (χ0v) is 14.6. The van der Waals surface area contributed by atoms with Crippen LogP contribution < -0.4 is 0 Å². The number of carboxylic acid groups (broad SMARTS) is 1. The number of aryl methyl sites for hydroxylation is 1. The summed E-state index contributed by atoms with van der Waals surface area (Å²) in [4.78, 5) is 15.5. The van der Waals surface area contributed by atoms with Crippen molar-refractivity contribution < 1.29 is 14.3 Å². The number of likely N-dealkylation sites (tertiary alicyclic amines) is 1. The molecule has 2 aliphatic heterocycles. The highest BCUT2D eigenvalue weighted by molar-refractivity contribution is 5.68. The molecule has 2 aromatic rings. The Hall–Kier alpha value is -2.82. The van der Waals surface area contributed by atoms with E-state index in [0.717, 1.165) is 29.8 Å². The van der Waals surface area contributed by atoms with Gasteiger partial charge in [0.25, 0.3) is 0 Å². The van der Waals surface area contributed by atoms with Gasteiger partial charge in [0.15, 0.2) is 0 Å². The molecule has 1 amide bonds. The fraction of sp³-hybridized carbons (Fsp3) is 0.286. The molecule has 0 radical (unpaired) electrons. The SMILES string of the molecule is Cc1cc(F)ccc1C1C2=CN(Cc3ccccc3)CC2CN1C(=O)O. The largest absolute Gasteiger partial charge is 0.465 e. The minimum Gasteiger partial charge on any atom is -0.465 e. The standard InChI is InChI=1S/C21H21FN2O2/c1-14-9-17(22)7-8-18(14)20-19-13-23(10-15-5-3-2-4-6-15)11-16(19)12-24(20)21(25)26/h2-9,13,16,20H,10-12H2,1H3,(H,25,26). The number of benzene rings is 2. The topological polar surface area (TPSA) is 43.8 Å². The molecule has 134 valence electrons. The maximum Gasteiger partial charge on any atom is 0.408 e. The van der Waals surface area contributed by atoms with Gasteiger partial charge in [0.2, 0.25) is 0 Å². The molecule has 2 heterocycles.